The molecule has 0 amide bonds. The van der Waals surface area contributed by atoms with Gasteiger partial charge in [0, 0.05) is 36.8 Å². The van der Waals surface area contributed by atoms with E-state index in [0.29, 0.717) is 24.8 Å². The molecule has 0 radical (unpaired) electrons. The van der Waals surface area contributed by atoms with Gasteiger partial charge in [0.05, 0.1) is 13.2 Å². The van der Waals surface area contributed by atoms with E-state index in [-0.39, 0.29) is 12.1 Å². The number of nitrogen functional groups attached to an aromatic ring is 1. The predicted molar refractivity (Wildman–Crippen MR) is 171 cm³/mol. The van der Waals surface area contributed by atoms with Gasteiger partial charge < -0.3 is 34.0 Å². The Morgan fingerprint density at radius 2 is 1.95 bits per heavy atom. The molecule has 2 fully saturated rings. The highest BCUT2D eigenvalue weighted by Crippen LogP contribution is 2.37. The smallest absolute Gasteiger partial charge is 0.346 e. The van der Waals surface area contributed by atoms with Gasteiger partial charge in [0.2, 0.25) is 0 Å². The number of fused-ring (bicyclic) bond motifs is 1. The minimum absolute atomic E-state index is 0.0207. The summed E-state index contributed by atoms with van der Waals surface area (Å²) in [7, 11) is -0.0393. The van der Waals surface area contributed by atoms with Crippen molar-refractivity contribution in [3.63, 3.8) is 0 Å². The van der Waals surface area contributed by atoms with Crippen LogP contribution in [0.4, 0.5) is 5.82 Å². The SMILES string of the molecule is C1COCO1.C=C/C=C(\C=C)OP(NC(Cc1c[nH]c2ccccc12)C(=O)OC1CCCCC1)OC.Nc1ccnc(=O)[nH]1. The first-order chi connectivity index (χ1) is 21.4. The molecule has 12 nitrogen and oxygen atoms in total. The Hall–Kier alpha value is -3.80. The number of anilines is 1. The fraction of sp³-hybridized carbons (Fsp3) is 0.387. The van der Waals surface area contributed by atoms with Crippen LogP contribution >= 0.6 is 8.53 Å². The van der Waals surface area contributed by atoms with Gasteiger partial charge in [0.25, 0.3) is 0 Å². The summed E-state index contributed by atoms with van der Waals surface area (Å²) in [5.74, 6) is 0.574. The first kappa shape index (κ1) is 34.7. The van der Waals surface area contributed by atoms with Gasteiger partial charge in [-0.3, -0.25) is 9.78 Å². The normalized spacial score (nSPS) is 16.4. The van der Waals surface area contributed by atoms with Gasteiger partial charge in [-0.2, -0.15) is 0 Å². The number of esters is 1. The lowest BCUT2D eigenvalue weighted by atomic mass is 9.97. The second-order valence-electron chi connectivity index (χ2n) is 9.75. The van der Waals surface area contributed by atoms with Crippen molar-refractivity contribution >= 4 is 31.2 Å². The van der Waals surface area contributed by atoms with E-state index in [4.69, 9.17) is 29.0 Å². The van der Waals surface area contributed by atoms with Crippen molar-refractivity contribution in [3.8, 4) is 0 Å². The minimum Gasteiger partial charge on any atom is -0.461 e. The van der Waals surface area contributed by atoms with E-state index in [2.05, 4.69) is 33.2 Å². The number of ether oxygens (including phenoxy) is 3. The van der Waals surface area contributed by atoms with Gasteiger partial charge in [-0.25, -0.2) is 14.9 Å². The summed E-state index contributed by atoms with van der Waals surface area (Å²) in [4.78, 5) is 32.3. The topological polar surface area (TPSA) is 163 Å². The first-order valence-electron chi connectivity index (χ1n) is 14.4. The second kappa shape index (κ2) is 19.5. The van der Waals surface area contributed by atoms with Crippen LogP contribution in [0.3, 0.4) is 0 Å². The third-order valence-corrected chi connectivity index (χ3v) is 7.78. The van der Waals surface area contributed by atoms with Gasteiger partial charge in [-0.15, -0.1) is 0 Å². The molecular formula is C31H42N5O7P. The van der Waals surface area contributed by atoms with Crippen LogP contribution < -0.4 is 16.5 Å². The molecule has 13 heteroatoms. The Bertz CT molecular complexity index is 1390. The van der Waals surface area contributed by atoms with E-state index in [1.807, 2.05) is 30.5 Å². The van der Waals surface area contributed by atoms with Crippen molar-refractivity contribution in [2.45, 2.75) is 50.7 Å². The molecular weight excluding hydrogens is 585 g/mol. The van der Waals surface area contributed by atoms with Gasteiger partial charge in [0.15, 0.2) is 0 Å². The van der Waals surface area contributed by atoms with Crippen molar-refractivity contribution in [2.24, 2.45) is 0 Å². The molecule has 0 bridgehead atoms. The molecule has 3 aromatic rings. The summed E-state index contributed by atoms with van der Waals surface area (Å²) in [5, 5.41) is 4.31. The number of hydrogen-bond acceptors (Lipinski definition) is 10. The molecule has 1 saturated carbocycles. The van der Waals surface area contributed by atoms with Crippen LogP contribution in [0.2, 0.25) is 0 Å². The number of para-hydroxylation sites is 1. The maximum Gasteiger partial charge on any atom is 0.346 e. The number of benzene rings is 1. The van der Waals surface area contributed by atoms with Gasteiger partial charge in [-0.1, -0.05) is 43.9 Å². The molecule has 2 aromatic heterocycles. The fourth-order valence-electron chi connectivity index (χ4n) is 4.40. The van der Waals surface area contributed by atoms with Crippen LogP contribution in [0.15, 0.2) is 84.7 Å². The average Bonchev–Trinajstić information content (AvgIpc) is 3.75. The van der Waals surface area contributed by atoms with Crippen LogP contribution in [-0.2, 0) is 34.5 Å². The quantitative estimate of drug-likeness (QED) is 0.0981. The highest BCUT2D eigenvalue weighted by Gasteiger charge is 2.29. The van der Waals surface area contributed by atoms with Crippen LogP contribution in [0.25, 0.3) is 10.9 Å². The number of H-pyrrole nitrogens is 2. The number of hydrogen-bond donors (Lipinski definition) is 4. The Balaban J connectivity index is 0.000000332. The van der Waals surface area contributed by atoms with E-state index in [1.54, 1.807) is 25.3 Å². The number of allylic oxidation sites excluding steroid dienone is 3. The van der Waals surface area contributed by atoms with E-state index >= 15 is 0 Å². The summed E-state index contributed by atoms with van der Waals surface area (Å²) in [6.45, 7) is 9.48. The number of nitrogens with two attached hydrogens (primary N) is 1. The zero-order valence-corrected chi connectivity index (χ0v) is 25.9. The molecule has 238 valence electrons. The molecule has 0 spiro atoms. The molecule has 1 aromatic carbocycles. The highest BCUT2D eigenvalue weighted by molar-refractivity contribution is 7.45. The molecule has 1 saturated heterocycles. The maximum absolute atomic E-state index is 13.2. The molecule has 1 aliphatic heterocycles. The van der Waals surface area contributed by atoms with Gasteiger partial charge in [-0.05, 0) is 55.5 Å². The van der Waals surface area contributed by atoms with Gasteiger partial charge in [0.1, 0.15) is 30.5 Å². The number of aromatic nitrogens is 3. The standard InChI is InChI=1S/C24H31N2O4P.C4H5N3O.C3H6O2/c1-4-11-19(5-2)30-31(28-3)26-23(24(27)29-20-12-7-6-8-13-20)16-18-17-25-22-15-10-9-14-21(18)22;5-3-1-2-6-4(8)7-3;1-2-5-3-4-1/h4-5,9-11,14-15,17,20,23,25-26H,1-2,6-8,12-13,16H2,3H3;1-2H,(H3,5,6,7,8);1-3H2/b19-11+;;. The molecule has 2 atom stereocenters. The zero-order valence-electron chi connectivity index (χ0n) is 25.0. The summed E-state index contributed by atoms with van der Waals surface area (Å²) < 4.78 is 26.7. The number of nitrogens with one attached hydrogen (secondary N) is 3. The predicted octanol–water partition coefficient (Wildman–Crippen LogP) is 5.03. The summed E-state index contributed by atoms with van der Waals surface area (Å²) in [5.41, 5.74) is 6.82. The number of aromatic amines is 2. The Labute approximate surface area is 258 Å². The fourth-order valence-corrected chi connectivity index (χ4v) is 5.41. The lowest BCUT2D eigenvalue weighted by Crippen LogP contribution is -2.39. The number of carbonyl (C=O) groups is 1. The maximum atomic E-state index is 13.2. The van der Waals surface area contributed by atoms with Crippen molar-refractivity contribution in [3.05, 3.63) is 95.9 Å². The lowest BCUT2D eigenvalue weighted by Gasteiger charge is -2.27. The molecule has 5 N–H and O–H groups in total. The average molecular weight is 628 g/mol. The third-order valence-electron chi connectivity index (χ3n) is 6.55. The van der Waals surface area contributed by atoms with Gasteiger partial charge >= 0.3 is 20.2 Å². The number of rotatable bonds is 11. The monoisotopic (exact) mass is 627 g/mol. The van der Waals surface area contributed by atoms with Crippen LogP contribution in [-0.4, -0.2) is 60.2 Å². The van der Waals surface area contributed by atoms with Crippen molar-refractivity contribution < 1.29 is 28.1 Å². The first-order valence-corrected chi connectivity index (χ1v) is 15.6. The summed E-state index contributed by atoms with van der Waals surface area (Å²) in [6, 6.07) is 8.94. The zero-order chi connectivity index (χ0) is 31.6. The second-order valence-corrected chi connectivity index (χ2v) is 11.1. The molecule has 3 heterocycles. The molecule has 2 unspecified atom stereocenters. The largest absolute Gasteiger partial charge is 0.461 e. The van der Waals surface area contributed by atoms with E-state index < -0.39 is 20.3 Å². The Kier molecular flexibility index (Phi) is 15.4. The third kappa shape index (κ3) is 12.1. The van der Waals surface area contributed by atoms with E-state index in [1.165, 1.54) is 18.7 Å². The van der Waals surface area contributed by atoms with Crippen LogP contribution in [0.1, 0.15) is 37.7 Å². The van der Waals surface area contributed by atoms with Crippen molar-refractivity contribution in [1.82, 2.24) is 20.0 Å². The molecule has 5 rings (SSSR count). The Morgan fingerprint density at radius 3 is 2.55 bits per heavy atom. The molecule has 1 aliphatic carbocycles. The number of nitrogens with zero attached hydrogens (tertiary/aromatic N) is 1. The summed E-state index contributed by atoms with van der Waals surface area (Å²) >= 11 is 0. The number of carbonyl (C=O) groups excluding carboxylic acids is 1. The van der Waals surface area contributed by atoms with Crippen molar-refractivity contribution in [2.75, 3.05) is 32.9 Å². The summed E-state index contributed by atoms with van der Waals surface area (Å²) in [6.07, 6.45) is 13.9. The molecule has 2 aliphatic rings. The van der Waals surface area contributed by atoms with Crippen molar-refractivity contribution in [1.29, 1.82) is 0 Å². The van der Waals surface area contributed by atoms with Crippen LogP contribution in [0, 0.1) is 0 Å². The minimum atomic E-state index is -1.58. The Morgan fingerprint density at radius 1 is 1.20 bits per heavy atom. The highest BCUT2D eigenvalue weighted by atomic mass is 31.2. The van der Waals surface area contributed by atoms with E-state index in [0.717, 1.165) is 55.4 Å². The van der Waals surface area contributed by atoms with Crippen LogP contribution in [0.5, 0.6) is 0 Å². The molecule has 44 heavy (non-hydrogen) atoms. The van der Waals surface area contributed by atoms with E-state index in [9.17, 15) is 9.59 Å². The lowest BCUT2D eigenvalue weighted by molar-refractivity contribution is -0.152.